The topological polar surface area (TPSA) is 20.3 Å². The number of rotatable bonds is 0. The minimum absolute atomic E-state index is 0.135. The Morgan fingerprint density at radius 2 is 1.94 bits per heavy atom. The predicted octanol–water partition coefficient (Wildman–Crippen LogP) is 2.25. The second-order valence-corrected chi connectivity index (χ2v) is 4.69. The molecule has 1 aromatic rings. The van der Waals surface area contributed by atoms with Gasteiger partial charge in [0.2, 0.25) is 5.91 Å². The molecule has 0 aromatic heterocycles. The van der Waals surface area contributed by atoms with Crippen molar-refractivity contribution in [2.45, 2.75) is 20.3 Å². The van der Waals surface area contributed by atoms with Crippen molar-refractivity contribution in [3.63, 3.8) is 0 Å². The Hall–Kier alpha value is -1.75. The van der Waals surface area contributed by atoms with Gasteiger partial charge in [-0.3, -0.25) is 9.69 Å². The van der Waals surface area contributed by atoms with Gasteiger partial charge in [0.25, 0.3) is 0 Å². The molecule has 0 radical (unpaired) electrons. The summed E-state index contributed by atoms with van der Waals surface area (Å²) in [6, 6.07) is 12.7. The Kier molecular flexibility index (Phi) is 2.70. The van der Waals surface area contributed by atoms with E-state index in [0.29, 0.717) is 0 Å². The van der Waals surface area contributed by atoms with E-state index in [-0.39, 0.29) is 11.3 Å². The summed E-state index contributed by atoms with van der Waals surface area (Å²) in [6.07, 6.45) is 0.884. The molecule has 1 amide bonds. The molecule has 2 nitrogen and oxygen atoms in total. The summed E-state index contributed by atoms with van der Waals surface area (Å²) in [5, 5.41) is 0. The van der Waals surface area contributed by atoms with Gasteiger partial charge in [0.15, 0.2) is 0 Å². The first-order valence-corrected chi connectivity index (χ1v) is 5.48. The average Bonchev–Trinajstić information content (AvgIpc) is 2.54. The largest absolute Gasteiger partial charge is 0.273 e. The zero-order chi connectivity index (χ0) is 11.6. The maximum Gasteiger partial charge on any atom is 0.239 e. The number of carbonyl (C=O) groups is 1. The molecule has 0 N–H and O–H groups in total. The number of likely N-dealkylation sites (tertiary alicyclic amines) is 1. The van der Waals surface area contributed by atoms with E-state index >= 15 is 0 Å². The number of benzene rings is 1. The molecule has 1 aliphatic heterocycles. The van der Waals surface area contributed by atoms with Crippen LogP contribution in [0, 0.1) is 17.4 Å². The number of amides is 1. The first-order valence-electron chi connectivity index (χ1n) is 5.48. The van der Waals surface area contributed by atoms with Crippen molar-refractivity contribution in [3.8, 4) is 12.0 Å². The lowest BCUT2D eigenvalue weighted by Gasteiger charge is -2.13. The van der Waals surface area contributed by atoms with Gasteiger partial charge in [0, 0.05) is 23.6 Å². The number of hydrogen-bond donors (Lipinski definition) is 0. The molecule has 2 heteroatoms. The van der Waals surface area contributed by atoms with E-state index in [1.807, 2.05) is 44.2 Å². The molecule has 16 heavy (non-hydrogen) atoms. The molecule has 1 aliphatic rings. The van der Waals surface area contributed by atoms with Crippen LogP contribution in [0.5, 0.6) is 0 Å². The van der Waals surface area contributed by atoms with Gasteiger partial charge in [0.1, 0.15) is 0 Å². The summed E-state index contributed by atoms with van der Waals surface area (Å²) in [5.41, 5.74) is 0.700. The Bertz CT molecular complexity index is 451. The number of carbonyl (C=O) groups excluding carboxylic acids is 1. The van der Waals surface area contributed by atoms with Gasteiger partial charge >= 0.3 is 0 Å². The van der Waals surface area contributed by atoms with Gasteiger partial charge in [0.05, 0.1) is 0 Å². The summed E-state index contributed by atoms with van der Waals surface area (Å²) in [6.45, 7) is 4.69. The average molecular weight is 213 g/mol. The van der Waals surface area contributed by atoms with Crippen LogP contribution in [0.3, 0.4) is 0 Å². The molecule has 0 aliphatic carbocycles. The quantitative estimate of drug-likeness (QED) is 0.605. The number of nitrogens with zero attached hydrogens (tertiary/aromatic N) is 1. The van der Waals surface area contributed by atoms with Crippen molar-refractivity contribution in [1.29, 1.82) is 0 Å². The molecule has 1 saturated heterocycles. The molecule has 1 heterocycles. The van der Waals surface area contributed by atoms with Crippen LogP contribution in [0.1, 0.15) is 25.8 Å². The predicted molar refractivity (Wildman–Crippen MR) is 63.4 cm³/mol. The zero-order valence-corrected chi connectivity index (χ0v) is 9.66. The molecule has 82 valence electrons. The van der Waals surface area contributed by atoms with Crippen molar-refractivity contribution in [2.75, 3.05) is 6.54 Å². The highest BCUT2D eigenvalue weighted by Crippen LogP contribution is 2.29. The van der Waals surface area contributed by atoms with Gasteiger partial charge < -0.3 is 0 Å². The Morgan fingerprint density at radius 3 is 2.50 bits per heavy atom. The third kappa shape index (κ3) is 2.09. The first kappa shape index (κ1) is 10.8. The van der Waals surface area contributed by atoms with E-state index in [0.717, 1.165) is 18.5 Å². The molecule has 0 saturated carbocycles. The van der Waals surface area contributed by atoms with E-state index in [1.165, 1.54) is 0 Å². The highest BCUT2D eigenvalue weighted by Gasteiger charge is 2.37. The van der Waals surface area contributed by atoms with Crippen LogP contribution in [-0.4, -0.2) is 17.4 Å². The van der Waals surface area contributed by atoms with Gasteiger partial charge in [-0.1, -0.05) is 32.0 Å². The smallest absolute Gasteiger partial charge is 0.239 e. The third-order valence-corrected chi connectivity index (χ3v) is 2.89. The van der Waals surface area contributed by atoms with Crippen molar-refractivity contribution >= 4 is 5.91 Å². The molecule has 1 aromatic carbocycles. The van der Waals surface area contributed by atoms with Crippen molar-refractivity contribution in [2.24, 2.45) is 5.41 Å². The maximum absolute atomic E-state index is 11.9. The molecule has 0 unspecified atom stereocenters. The van der Waals surface area contributed by atoms with E-state index in [9.17, 15) is 4.79 Å². The second kappa shape index (κ2) is 4.02. The fourth-order valence-electron chi connectivity index (χ4n) is 1.73. The Morgan fingerprint density at radius 1 is 1.25 bits per heavy atom. The van der Waals surface area contributed by atoms with Crippen LogP contribution >= 0.6 is 0 Å². The van der Waals surface area contributed by atoms with Crippen LogP contribution in [0.15, 0.2) is 30.3 Å². The van der Waals surface area contributed by atoms with Gasteiger partial charge in [-0.15, -0.1) is 0 Å². The summed E-state index contributed by atoms with van der Waals surface area (Å²) in [7, 11) is 0. The van der Waals surface area contributed by atoms with Gasteiger partial charge in [-0.25, -0.2) is 0 Å². The zero-order valence-electron chi connectivity index (χ0n) is 9.66. The highest BCUT2D eigenvalue weighted by molar-refractivity contribution is 5.85. The van der Waals surface area contributed by atoms with Crippen LogP contribution in [-0.2, 0) is 4.79 Å². The molecule has 1 fully saturated rings. The monoisotopic (exact) mass is 213 g/mol. The lowest BCUT2D eigenvalue weighted by molar-refractivity contribution is -0.131. The van der Waals surface area contributed by atoms with Crippen LogP contribution in [0.4, 0.5) is 0 Å². The lowest BCUT2D eigenvalue weighted by Crippen LogP contribution is -2.27. The second-order valence-electron chi connectivity index (χ2n) is 4.69. The van der Waals surface area contributed by atoms with Crippen molar-refractivity contribution in [3.05, 3.63) is 35.9 Å². The Labute approximate surface area is 96.3 Å². The van der Waals surface area contributed by atoms with Crippen LogP contribution in [0.25, 0.3) is 0 Å². The van der Waals surface area contributed by atoms with Gasteiger partial charge in [-0.05, 0) is 24.5 Å². The Balaban J connectivity index is 2.13. The SMILES string of the molecule is CC1(C)CCN(C#Cc2ccccc2)C1=O. The minimum atomic E-state index is -0.245. The summed E-state index contributed by atoms with van der Waals surface area (Å²) in [5.74, 6) is 3.14. The fourth-order valence-corrected chi connectivity index (χ4v) is 1.73. The highest BCUT2D eigenvalue weighted by atomic mass is 16.2. The molecule has 0 atom stereocenters. The van der Waals surface area contributed by atoms with E-state index in [4.69, 9.17) is 0 Å². The summed E-state index contributed by atoms with van der Waals surface area (Å²) >= 11 is 0. The molecule has 0 bridgehead atoms. The molecule has 2 rings (SSSR count). The van der Waals surface area contributed by atoms with E-state index in [1.54, 1.807) is 4.90 Å². The molecular weight excluding hydrogens is 198 g/mol. The maximum atomic E-state index is 11.9. The molecule has 0 spiro atoms. The van der Waals surface area contributed by atoms with Crippen LogP contribution < -0.4 is 0 Å². The number of hydrogen-bond acceptors (Lipinski definition) is 1. The van der Waals surface area contributed by atoms with Gasteiger partial charge in [-0.2, -0.15) is 0 Å². The van der Waals surface area contributed by atoms with Crippen LogP contribution in [0.2, 0.25) is 0 Å². The first-order chi connectivity index (χ1) is 7.59. The third-order valence-electron chi connectivity index (χ3n) is 2.89. The summed E-state index contributed by atoms with van der Waals surface area (Å²) < 4.78 is 0. The van der Waals surface area contributed by atoms with Crippen molar-refractivity contribution in [1.82, 2.24) is 4.90 Å². The normalized spacial score (nSPS) is 18.1. The fraction of sp³-hybridized carbons (Fsp3) is 0.357. The lowest BCUT2D eigenvalue weighted by atomic mass is 9.92. The van der Waals surface area contributed by atoms with E-state index < -0.39 is 0 Å². The van der Waals surface area contributed by atoms with Crippen molar-refractivity contribution < 1.29 is 4.79 Å². The standard InChI is InChI=1S/C14H15NO/c1-14(2)9-11-15(13(14)16)10-8-12-6-4-3-5-7-12/h3-7H,9,11H2,1-2H3. The summed E-state index contributed by atoms with van der Waals surface area (Å²) in [4.78, 5) is 13.5. The minimum Gasteiger partial charge on any atom is -0.273 e. The molecular formula is C14H15NO. The van der Waals surface area contributed by atoms with E-state index in [2.05, 4.69) is 12.0 Å².